The fraction of sp³-hybridized carbons (Fsp3) is 0.462. The minimum atomic E-state index is -0.359. The average Bonchev–Trinajstić information content (AvgIpc) is 2.83. The third-order valence-corrected chi connectivity index (χ3v) is 3.08. The molecule has 17 heavy (non-hydrogen) atoms. The maximum Gasteiger partial charge on any atom is 0.129 e. The van der Waals surface area contributed by atoms with E-state index in [-0.39, 0.29) is 11.9 Å². The molecule has 0 radical (unpaired) electrons. The third kappa shape index (κ3) is 2.75. The van der Waals surface area contributed by atoms with Gasteiger partial charge in [0.1, 0.15) is 11.6 Å². The van der Waals surface area contributed by atoms with E-state index in [9.17, 15) is 4.39 Å². The first-order valence-electron chi connectivity index (χ1n) is 5.86. The van der Waals surface area contributed by atoms with Gasteiger partial charge in [-0.05, 0) is 50.8 Å². The van der Waals surface area contributed by atoms with Gasteiger partial charge < -0.3 is 9.94 Å². The van der Waals surface area contributed by atoms with Crippen LogP contribution in [0.15, 0.2) is 23.4 Å². The number of hydrogen-bond donors (Lipinski definition) is 1. The SMILES string of the molecule is CC(=NO)c1cc(F)ccc1OC1CCCC1. The first kappa shape index (κ1) is 11.9. The van der Waals surface area contributed by atoms with Gasteiger partial charge in [-0.2, -0.15) is 0 Å². The Bertz CT molecular complexity index is 425. The van der Waals surface area contributed by atoms with E-state index in [1.54, 1.807) is 13.0 Å². The zero-order chi connectivity index (χ0) is 12.3. The molecule has 0 atom stereocenters. The van der Waals surface area contributed by atoms with Gasteiger partial charge in [-0.3, -0.25) is 0 Å². The van der Waals surface area contributed by atoms with E-state index in [1.807, 2.05) is 0 Å². The molecule has 0 bridgehead atoms. The second kappa shape index (κ2) is 5.17. The lowest BCUT2D eigenvalue weighted by Gasteiger charge is -2.16. The van der Waals surface area contributed by atoms with E-state index in [0.717, 1.165) is 12.8 Å². The molecular weight excluding hydrogens is 221 g/mol. The summed E-state index contributed by atoms with van der Waals surface area (Å²) in [6.07, 6.45) is 4.62. The molecule has 92 valence electrons. The second-order valence-corrected chi connectivity index (χ2v) is 4.35. The minimum Gasteiger partial charge on any atom is -0.490 e. The molecule has 4 heteroatoms. The van der Waals surface area contributed by atoms with Crippen LogP contribution in [0.1, 0.15) is 38.2 Å². The standard InChI is InChI=1S/C13H16FNO2/c1-9(15-16)12-8-10(14)6-7-13(12)17-11-4-2-3-5-11/h6-8,11,16H,2-5H2,1H3. The van der Waals surface area contributed by atoms with Gasteiger partial charge in [0.05, 0.1) is 11.8 Å². The van der Waals surface area contributed by atoms with Gasteiger partial charge in [0.25, 0.3) is 0 Å². The predicted octanol–water partition coefficient (Wildman–Crippen LogP) is 3.35. The molecule has 0 aromatic heterocycles. The first-order chi connectivity index (χ1) is 8.20. The van der Waals surface area contributed by atoms with Gasteiger partial charge in [0.2, 0.25) is 0 Å². The molecule has 0 saturated heterocycles. The Labute approximate surface area is 99.9 Å². The minimum absolute atomic E-state index is 0.200. The van der Waals surface area contributed by atoms with Gasteiger partial charge in [0.15, 0.2) is 0 Å². The molecule has 1 aliphatic carbocycles. The van der Waals surface area contributed by atoms with Crippen molar-refractivity contribution in [2.75, 3.05) is 0 Å². The fourth-order valence-corrected chi connectivity index (χ4v) is 2.13. The summed E-state index contributed by atoms with van der Waals surface area (Å²) in [7, 11) is 0. The van der Waals surface area contributed by atoms with Crippen LogP contribution in [0.4, 0.5) is 4.39 Å². The molecule has 1 aliphatic rings. The van der Waals surface area contributed by atoms with Crippen molar-refractivity contribution in [3.8, 4) is 5.75 Å². The summed E-state index contributed by atoms with van der Waals surface area (Å²) in [6, 6.07) is 4.29. The van der Waals surface area contributed by atoms with Crippen LogP contribution in [0.25, 0.3) is 0 Å². The highest BCUT2D eigenvalue weighted by Gasteiger charge is 2.19. The van der Waals surface area contributed by atoms with Crippen LogP contribution in [-0.4, -0.2) is 17.0 Å². The van der Waals surface area contributed by atoms with Crippen LogP contribution in [0, 0.1) is 5.82 Å². The van der Waals surface area contributed by atoms with Crippen LogP contribution in [-0.2, 0) is 0 Å². The lowest BCUT2D eigenvalue weighted by atomic mass is 10.1. The highest BCUT2D eigenvalue weighted by molar-refractivity contribution is 6.00. The summed E-state index contributed by atoms with van der Waals surface area (Å²) in [5.74, 6) is 0.232. The number of nitrogens with zero attached hydrogens (tertiary/aromatic N) is 1. The zero-order valence-corrected chi connectivity index (χ0v) is 9.82. The van der Waals surface area contributed by atoms with Crippen molar-refractivity contribution in [2.24, 2.45) is 5.16 Å². The van der Waals surface area contributed by atoms with E-state index in [1.165, 1.54) is 25.0 Å². The predicted molar refractivity (Wildman–Crippen MR) is 63.3 cm³/mol. The van der Waals surface area contributed by atoms with Gasteiger partial charge >= 0.3 is 0 Å². The average molecular weight is 237 g/mol. The van der Waals surface area contributed by atoms with Crippen LogP contribution in [0.2, 0.25) is 0 Å². The molecule has 1 aromatic carbocycles. The van der Waals surface area contributed by atoms with E-state index < -0.39 is 0 Å². The van der Waals surface area contributed by atoms with E-state index in [4.69, 9.17) is 9.94 Å². The number of rotatable bonds is 3. The number of benzene rings is 1. The van der Waals surface area contributed by atoms with Gasteiger partial charge in [0, 0.05) is 5.56 Å². The molecule has 0 heterocycles. The van der Waals surface area contributed by atoms with Gasteiger partial charge in [-0.1, -0.05) is 5.16 Å². The summed E-state index contributed by atoms with van der Waals surface area (Å²) < 4.78 is 19.0. The first-order valence-corrected chi connectivity index (χ1v) is 5.86. The molecule has 1 N–H and O–H groups in total. The summed E-state index contributed by atoms with van der Waals surface area (Å²) in [5.41, 5.74) is 0.872. The van der Waals surface area contributed by atoms with E-state index in [2.05, 4.69) is 5.16 Å². The van der Waals surface area contributed by atoms with Crippen LogP contribution >= 0.6 is 0 Å². The van der Waals surface area contributed by atoms with Crippen molar-refractivity contribution in [1.82, 2.24) is 0 Å². The second-order valence-electron chi connectivity index (χ2n) is 4.35. The van der Waals surface area contributed by atoms with E-state index in [0.29, 0.717) is 17.0 Å². The number of halogens is 1. The maximum atomic E-state index is 13.2. The lowest BCUT2D eigenvalue weighted by Crippen LogP contribution is -2.13. The van der Waals surface area contributed by atoms with Crippen LogP contribution in [0.5, 0.6) is 5.75 Å². The Kier molecular flexibility index (Phi) is 3.61. The third-order valence-electron chi connectivity index (χ3n) is 3.08. The van der Waals surface area contributed by atoms with Crippen molar-refractivity contribution in [3.05, 3.63) is 29.6 Å². The number of hydrogen-bond acceptors (Lipinski definition) is 3. The van der Waals surface area contributed by atoms with Gasteiger partial charge in [-0.15, -0.1) is 0 Å². The highest BCUT2D eigenvalue weighted by atomic mass is 19.1. The largest absolute Gasteiger partial charge is 0.490 e. The molecular formula is C13H16FNO2. The molecule has 0 spiro atoms. The quantitative estimate of drug-likeness (QED) is 0.497. The van der Waals surface area contributed by atoms with Crippen molar-refractivity contribution in [1.29, 1.82) is 0 Å². The van der Waals surface area contributed by atoms with Crippen LogP contribution in [0.3, 0.4) is 0 Å². The van der Waals surface area contributed by atoms with Gasteiger partial charge in [-0.25, -0.2) is 4.39 Å². The Morgan fingerprint density at radius 2 is 2.12 bits per heavy atom. The number of ether oxygens (including phenoxy) is 1. The summed E-state index contributed by atoms with van der Waals surface area (Å²) in [5, 5.41) is 11.9. The number of oxime groups is 1. The summed E-state index contributed by atoms with van der Waals surface area (Å²) in [6.45, 7) is 1.62. The zero-order valence-electron chi connectivity index (χ0n) is 9.82. The Morgan fingerprint density at radius 1 is 1.41 bits per heavy atom. The maximum absolute atomic E-state index is 13.2. The normalized spacial score (nSPS) is 17.4. The lowest BCUT2D eigenvalue weighted by molar-refractivity contribution is 0.209. The molecule has 3 nitrogen and oxygen atoms in total. The summed E-state index contributed by atoms with van der Waals surface area (Å²) >= 11 is 0. The molecule has 1 aromatic rings. The Morgan fingerprint density at radius 3 is 2.76 bits per heavy atom. The highest BCUT2D eigenvalue weighted by Crippen LogP contribution is 2.27. The van der Waals surface area contributed by atoms with Crippen molar-refractivity contribution >= 4 is 5.71 Å². The van der Waals surface area contributed by atoms with E-state index >= 15 is 0 Å². The summed E-state index contributed by atoms with van der Waals surface area (Å²) in [4.78, 5) is 0. The van der Waals surface area contributed by atoms with Crippen molar-refractivity contribution in [3.63, 3.8) is 0 Å². The molecule has 0 unspecified atom stereocenters. The van der Waals surface area contributed by atoms with Crippen LogP contribution < -0.4 is 4.74 Å². The molecule has 2 rings (SSSR count). The molecule has 0 aliphatic heterocycles. The topological polar surface area (TPSA) is 41.8 Å². The monoisotopic (exact) mass is 237 g/mol. The fourth-order valence-electron chi connectivity index (χ4n) is 2.13. The Balaban J connectivity index is 2.25. The molecule has 0 amide bonds. The van der Waals surface area contributed by atoms with Crippen molar-refractivity contribution in [2.45, 2.75) is 38.7 Å². The smallest absolute Gasteiger partial charge is 0.129 e. The molecule has 1 fully saturated rings. The Hall–Kier alpha value is -1.58. The van der Waals surface area contributed by atoms with Crippen molar-refractivity contribution < 1.29 is 14.3 Å². The molecule has 1 saturated carbocycles.